The fourth-order valence-corrected chi connectivity index (χ4v) is 2.11. The van der Waals surface area contributed by atoms with Gasteiger partial charge < -0.3 is 4.74 Å². The predicted molar refractivity (Wildman–Crippen MR) is 88.1 cm³/mol. The Morgan fingerprint density at radius 2 is 1.70 bits per heavy atom. The van der Waals surface area contributed by atoms with E-state index in [9.17, 15) is 14.9 Å². The van der Waals surface area contributed by atoms with Gasteiger partial charge in [0, 0.05) is 11.6 Å². The molecule has 0 saturated carbocycles. The van der Waals surface area contributed by atoms with Crippen molar-refractivity contribution in [2.45, 2.75) is 26.2 Å². The summed E-state index contributed by atoms with van der Waals surface area (Å²) in [5.74, 6) is -0.124. The van der Waals surface area contributed by atoms with Crippen LogP contribution in [0.2, 0.25) is 0 Å². The van der Waals surface area contributed by atoms with Crippen LogP contribution in [-0.4, -0.2) is 17.3 Å². The summed E-state index contributed by atoms with van der Waals surface area (Å²) in [5, 5.41) is 10.9. The molecule has 0 aliphatic heterocycles. The lowest BCUT2D eigenvalue weighted by atomic mass is 9.86. The van der Waals surface area contributed by atoms with Crippen LogP contribution in [0, 0.1) is 10.1 Å². The quantitative estimate of drug-likeness (QED) is 0.472. The summed E-state index contributed by atoms with van der Waals surface area (Å²) in [5.41, 5.74) is 1.52. The first-order valence-electron chi connectivity index (χ1n) is 7.29. The number of carbonyl (C=O) groups excluding carboxylic acids is 1. The number of ether oxygens (including phenoxy) is 1. The molecule has 23 heavy (non-hydrogen) atoms. The highest BCUT2D eigenvalue weighted by Gasteiger charge is 2.17. The van der Waals surface area contributed by atoms with E-state index in [2.05, 4.69) is 20.8 Å². The fraction of sp³-hybridized carbons (Fsp3) is 0.278. The molecule has 0 N–H and O–H groups in total. The zero-order valence-corrected chi connectivity index (χ0v) is 13.4. The second kappa shape index (κ2) is 6.60. The Bertz CT molecular complexity index is 715. The van der Waals surface area contributed by atoms with Crippen LogP contribution in [-0.2, 0) is 5.41 Å². The molecule has 0 radical (unpaired) electrons. The number of nitro benzene ring substituents is 1. The first-order valence-corrected chi connectivity index (χ1v) is 7.29. The highest BCUT2D eigenvalue weighted by Crippen LogP contribution is 2.26. The lowest BCUT2D eigenvalue weighted by Crippen LogP contribution is -2.14. The summed E-state index contributed by atoms with van der Waals surface area (Å²) in [6, 6.07) is 13.3. The van der Waals surface area contributed by atoms with Crippen molar-refractivity contribution in [3.63, 3.8) is 0 Å². The summed E-state index contributed by atoms with van der Waals surface area (Å²) in [4.78, 5) is 22.5. The number of hydrogen-bond acceptors (Lipinski definition) is 4. The van der Waals surface area contributed by atoms with Gasteiger partial charge in [-0.2, -0.15) is 0 Å². The predicted octanol–water partition coefficient (Wildman–Crippen LogP) is 4.15. The first-order chi connectivity index (χ1) is 10.8. The highest BCUT2D eigenvalue weighted by atomic mass is 16.6. The van der Waals surface area contributed by atoms with Crippen LogP contribution in [0.25, 0.3) is 0 Å². The van der Waals surface area contributed by atoms with Gasteiger partial charge in [0.05, 0.1) is 4.92 Å². The maximum Gasteiger partial charge on any atom is 0.310 e. The smallest absolute Gasteiger partial charge is 0.310 e. The molecule has 120 valence electrons. The number of ketones is 1. The summed E-state index contributed by atoms with van der Waals surface area (Å²) in [7, 11) is 0. The van der Waals surface area contributed by atoms with Gasteiger partial charge >= 0.3 is 5.69 Å². The van der Waals surface area contributed by atoms with Gasteiger partial charge in [-0.05, 0) is 17.0 Å². The second-order valence-electron chi connectivity index (χ2n) is 6.26. The second-order valence-corrected chi connectivity index (χ2v) is 6.26. The molecule has 5 heteroatoms. The van der Waals surface area contributed by atoms with Crippen molar-refractivity contribution in [3.05, 3.63) is 69.8 Å². The Labute approximate surface area is 135 Å². The van der Waals surface area contributed by atoms with E-state index in [4.69, 9.17) is 4.74 Å². The molecule has 0 fully saturated rings. The van der Waals surface area contributed by atoms with Crippen LogP contribution in [0.3, 0.4) is 0 Å². The molecule has 0 atom stereocenters. The van der Waals surface area contributed by atoms with Crippen LogP contribution in [0.4, 0.5) is 5.69 Å². The van der Waals surface area contributed by atoms with E-state index in [1.165, 1.54) is 12.1 Å². The molecule has 5 nitrogen and oxygen atoms in total. The van der Waals surface area contributed by atoms with Crippen molar-refractivity contribution in [2.24, 2.45) is 0 Å². The molecule has 0 aromatic heterocycles. The lowest BCUT2D eigenvalue weighted by Gasteiger charge is -2.19. The lowest BCUT2D eigenvalue weighted by molar-refractivity contribution is -0.385. The van der Waals surface area contributed by atoms with E-state index < -0.39 is 4.92 Å². The number of nitrogens with zero attached hydrogens (tertiary/aromatic N) is 1. The maximum absolute atomic E-state index is 12.2. The van der Waals surface area contributed by atoms with Crippen molar-refractivity contribution in [1.82, 2.24) is 0 Å². The molecule has 2 aromatic carbocycles. The molecule has 0 heterocycles. The van der Waals surface area contributed by atoms with Crippen LogP contribution < -0.4 is 4.74 Å². The Kier molecular flexibility index (Phi) is 4.79. The number of rotatable bonds is 5. The Balaban J connectivity index is 2.07. The number of benzene rings is 2. The zero-order valence-electron chi connectivity index (χ0n) is 13.4. The largest absolute Gasteiger partial charge is 0.478 e. The van der Waals surface area contributed by atoms with E-state index >= 15 is 0 Å². The SMILES string of the molecule is CC(C)(C)c1ccc(C(=O)COc2ccccc2[N+](=O)[O-])cc1. The van der Waals surface area contributed by atoms with Gasteiger partial charge in [0.2, 0.25) is 0 Å². The monoisotopic (exact) mass is 313 g/mol. The van der Waals surface area contributed by atoms with Crippen LogP contribution >= 0.6 is 0 Å². The van der Waals surface area contributed by atoms with Gasteiger partial charge in [0.25, 0.3) is 0 Å². The van der Waals surface area contributed by atoms with Crippen molar-refractivity contribution >= 4 is 11.5 Å². The minimum atomic E-state index is -0.530. The van der Waals surface area contributed by atoms with Crippen molar-refractivity contribution in [3.8, 4) is 5.75 Å². The summed E-state index contributed by atoms with van der Waals surface area (Å²) in [6.45, 7) is 6.06. The van der Waals surface area contributed by atoms with Gasteiger partial charge in [-0.25, -0.2) is 0 Å². The van der Waals surface area contributed by atoms with Gasteiger partial charge in [-0.3, -0.25) is 14.9 Å². The molecule has 0 unspecified atom stereocenters. The minimum absolute atomic E-state index is 0.0166. The van der Waals surface area contributed by atoms with E-state index in [1.807, 2.05) is 12.1 Å². The normalized spacial score (nSPS) is 11.1. The molecule has 0 aliphatic carbocycles. The minimum Gasteiger partial charge on any atom is -0.478 e. The van der Waals surface area contributed by atoms with Gasteiger partial charge in [-0.1, -0.05) is 57.2 Å². The standard InChI is InChI=1S/C18H19NO4/c1-18(2,3)14-10-8-13(9-11-14)16(20)12-23-17-7-5-4-6-15(17)19(21)22/h4-11H,12H2,1-3H3. The van der Waals surface area contributed by atoms with E-state index in [-0.39, 0.29) is 29.2 Å². The molecule has 2 aromatic rings. The van der Waals surface area contributed by atoms with Crippen molar-refractivity contribution in [1.29, 1.82) is 0 Å². The third-order valence-electron chi connectivity index (χ3n) is 3.49. The zero-order chi connectivity index (χ0) is 17.0. The van der Waals surface area contributed by atoms with E-state index in [0.717, 1.165) is 5.56 Å². The summed E-state index contributed by atoms with van der Waals surface area (Å²) >= 11 is 0. The molecule has 0 spiro atoms. The molecular weight excluding hydrogens is 294 g/mol. The average molecular weight is 313 g/mol. The number of carbonyl (C=O) groups is 1. The topological polar surface area (TPSA) is 69.4 Å². The van der Waals surface area contributed by atoms with Gasteiger partial charge in [-0.15, -0.1) is 0 Å². The number of Topliss-reactive ketones (excluding diaryl/α,β-unsaturated/α-hetero) is 1. The maximum atomic E-state index is 12.2. The van der Waals surface area contributed by atoms with Crippen LogP contribution in [0.1, 0.15) is 36.7 Å². The molecule has 0 saturated heterocycles. The molecule has 0 aliphatic rings. The van der Waals surface area contributed by atoms with Crippen molar-refractivity contribution < 1.29 is 14.5 Å². The Morgan fingerprint density at radius 1 is 1.09 bits per heavy atom. The van der Waals surface area contributed by atoms with Crippen LogP contribution in [0.5, 0.6) is 5.75 Å². The number of para-hydroxylation sites is 2. The van der Waals surface area contributed by atoms with E-state index in [1.54, 1.807) is 24.3 Å². The van der Waals surface area contributed by atoms with Gasteiger partial charge in [0.15, 0.2) is 18.1 Å². The van der Waals surface area contributed by atoms with Crippen LogP contribution in [0.15, 0.2) is 48.5 Å². The molecular formula is C18H19NO4. The first kappa shape index (κ1) is 16.7. The van der Waals surface area contributed by atoms with Gasteiger partial charge in [0.1, 0.15) is 0 Å². The number of nitro groups is 1. The number of hydrogen-bond donors (Lipinski definition) is 0. The Hall–Kier alpha value is -2.69. The fourth-order valence-electron chi connectivity index (χ4n) is 2.11. The van der Waals surface area contributed by atoms with Crippen molar-refractivity contribution in [2.75, 3.05) is 6.61 Å². The van der Waals surface area contributed by atoms with E-state index in [0.29, 0.717) is 5.56 Å². The summed E-state index contributed by atoms with van der Waals surface area (Å²) < 4.78 is 5.32. The average Bonchev–Trinajstić information content (AvgIpc) is 2.52. The molecule has 2 rings (SSSR count). The summed E-state index contributed by atoms with van der Waals surface area (Å²) in [6.07, 6.45) is 0. The third kappa shape index (κ3) is 4.16. The highest BCUT2D eigenvalue weighted by molar-refractivity contribution is 5.97. The molecule has 0 amide bonds. The Morgan fingerprint density at radius 3 is 2.26 bits per heavy atom. The molecule has 0 bridgehead atoms. The third-order valence-corrected chi connectivity index (χ3v) is 3.49.